The fraction of sp³-hybridized carbons (Fsp3) is 0.423. The van der Waals surface area contributed by atoms with E-state index < -0.39 is 9.84 Å². The summed E-state index contributed by atoms with van der Waals surface area (Å²) < 4.78 is 51.4. The van der Waals surface area contributed by atoms with Gasteiger partial charge in [-0.3, -0.25) is 9.79 Å². The van der Waals surface area contributed by atoms with Crippen molar-refractivity contribution in [2.75, 3.05) is 46.8 Å². The third-order valence-electron chi connectivity index (χ3n) is 5.67. The molecule has 0 amide bonds. The average molecular weight is 578 g/mol. The number of ether oxygens (including phenoxy) is 5. The molecule has 1 unspecified atom stereocenters. The molecule has 11 nitrogen and oxygen atoms in total. The van der Waals surface area contributed by atoms with E-state index >= 15 is 0 Å². The Morgan fingerprint density at radius 1 is 1.18 bits per heavy atom. The van der Waals surface area contributed by atoms with Crippen LogP contribution < -0.4 is 9.47 Å². The Balaban J connectivity index is 1.63. The van der Waals surface area contributed by atoms with E-state index in [1.54, 1.807) is 27.2 Å². The van der Waals surface area contributed by atoms with Crippen LogP contribution in [0.25, 0.3) is 10.9 Å². The highest BCUT2D eigenvalue weighted by molar-refractivity contribution is 8.15. The normalized spacial score (nSPS) is 15.5. The molecule has 0 fully saturated rings. The van der Waals surface area contributed by atoms with Gasteiger partial charge in [0, 0.05) is 49.4 Å². The molecule has 0 spiro atoms. The van der Waals surface area contributed by atoms with Gasteiger partial charge in [-0.05, 0) is 25.1 Å². The van der Waals surface area contributed by atoms with Gasteiger partial charge in [-0.1, -0.05) is 11.8 Å². The molecule has 13 heteroatoms. The lowest BCUT2D eigenvalue weighted by atomic mass is 10.2. The number of nitrogens with zero attached hydrogens (tertiary/aromatic N) is 2. The minimum Gasteiger partial charge on any atom is -0.483 e. The Hall–Kier alpha value is -3.13. The molecule has 0 saturated carbocycles. The number of carbonyl (C=O) groups excluding carboxylic acids is 1. The molecule has 3 heterocycles. The number of sulfone groups is 1. The largest absolute Gasteiger partial charge is 0.483 e. The minimum atomic E-state index is -3.38. The topological polar surface area (TPSA) is 138 Å². The zero-order valence-corrected chi connectivity index (χ0v) is 23.8. The first kappa shape index (κ1) is 28.9. The fourth-order valence-electron chi connectivity index (χ4n) is 3.96. The molecule has 0 radical (unpaired) electrons. The molecule has 1 atom stereocenters. The molecule has 4 rings (SSSR count). The second kappa shape index (κ2) is 12.8. The standard InChI is InChI=1S/C26H31N3O8S2/c1-5-35-24(30)11-19-12-28-26(38-19)21-9-16-8-17(37-23-7-6-20(13-27-23)39(4,31)32)10-22(25(16)29-21)36-18(14-33-2)15-34-3/h6-10,13,18-19,29H,5,11-12,14-15H2,1-4H3. The quantitative estimate of drug-likeness (QED) is 0.300. The number of fused-ring (bicyclic) bond motifs is 1. The van der Waals surface area contributed by atoms with Crippen LogP contribution in [-0.4, -0.2) is 87.6 Å². The summed E-state index contributed by atoms with van der Waals surface area (Å²) in [5.74, 6) is 0.942. The molecule has 39 heavy (non-hydrogen) atoms. The molecule has 0 bridgehead atoms. The predicted molar refractivity (Wildman–Crippen MR) is 148 cm³/mol. The highest BCUT2D eigenvalue weighted by Gasteiger charge is 2.26. The number of aromatic nitrogens is 2. The van der Waals surface area contributed by atoms with Crippen LogP contribution in [-0.2, 0) is 28.8 Å². The maximum atomic E-state index is 11.9. The van der Waals surface area contributed by atoms with Gasteiger partial charge in [-0.2, -0.15) is 0 Å². The van der Waals surface area contributed by atoms with E-state index in [9.17, 15) is 13.2 Å². The minimum absolute atomic E-state index is 0.00819. The number of thioether (sulfide) groups is 1. The number of benzene rings is 1. The van der Waals surface area contributed by atoms with E-state index in [4.69, 9.17) is 23.7 Å². The summed E-state index contributed by atoms with van der Waals surface area (Å²) in [6, 6.07) is 8.43. The van der Waals surface area contributed by atoms with Gasteiger partial charge >= 0.3 is 5.97 Å². The van der Waals surface area contributed by atoms with Crippen molar-refractivity contribution in [3.8, 4) is 17.4 Å². The first-order valence-electron chi connectivity index (χ1n) is 12.2. The number of esters is 1. The Bertz CT molecular complexity index is 1430. The Labute approximate surface area is 231 Å². The molecule has 210 valence electrons. The molecule has 2 aromatic heterocycles. The van der Waals surface area contributed by atoms with Gasteiger partial charge in [0.2, 0.25) is 5.88 Å². The van der Waals surface area contributed by atoms with Gasteiger partial charge in [0.1, 0.15) is 22.6 Å². The summed E-state index contributed by atoms with van der Waals surface area (Å²) in [6.45, 7) is 3.27. The molecule has 0 aliphatic carbocycles. The van der Waals surface area contributed by atoms with Crippen molar-refractivity contribution in [2.24, 2.45) is 4.99 Å². The lowest BCUT2D eigenvalue weighted by Crippen LogP contribution is -2.27. The van der Waals surface area contributed by atoms with Crippen LogP contribution >= 0.6 is 11.8 Å². The molecule has 1 N–H and O–H groups in total. The van der Waals surface area contributed by atoms with Crippen molar-refractivity contribution in [2.45, 2.75) is 29.6 Å². The number of aliphatic imine (C=N–C) groups is 1. The third kappa shape index (κ3) is 7.50. The van der Waals surface area contributed by atoms with Gasteiger partial charge in [-0.15, -0.1) is 0 Å². The summed E-state index contributed by atoms with van der Waals surface area (Å²) in [5.41, 5.74) is 1.51. The molecular weight excluding hydrogens is 546 g/mol. The summed E-state index contributed by atoms with van der Waals surface area (Å²) in [4.78, 5) is 24.2. The van der Waals surface area contributed by atoms with Crippen LogP contribution in [0, 0.1) is 0 Å². The smallest absolute Gasteiger partial charge is 0.306 e. The summed E-state index contributed by atoms with van der Waals surface area (Å²) in [5, 5.41) is 1.60. The second-order valence-corrected chi connectivity index (χ2v) is 12.1. The van der Waals surface area contributed by atoms with Crippen LogP contribution in [0.3, 0.4) is 0 Å². The average Bonchev–Trinajstić information content (AvgIpc) is 3.51. The zero-order valence-electron chi connectivity index (χ0n) is 22.1. The molecule has 1 aliphatic heterocycles. The first-order valence-corrected chi connectivity index (χ1v) is 15.0. The second-order valence-electron chi connectivity index (χ2n) is 8.82. The number of nitrogens with one attached hydrogen (secondary N) is 1. The van der Waals surface area contributed by atoms with Gasteiger partial charge in [0.25, 0.3) is 0 Å². The van der Waals surface area contributed by atoms with Crippen molar-refractivity contribution >= 4 is 43.5 Å². The number of carbonyl (C=O) groups is 1. The van der Waals surface area contributed by atoms with Gasteiger partial charge in [0.05, 0.1) is 48.9 Å². The van der Waals surface area contributed by atoms with Crippen LogP contribution in [0.1, 0.15) is 19.0 Å². The van der Waals surface area contributed by atoms with E-state index in [0.29, 0.717) is 44.3 Å². The first-order chi connectivity index (χ1) is 18.7. The SMILES string of the molecule is CCOC(=O)CC1CN=C(c2cc3cc(Oc4ccc(S(C)(=O)=O)cn4)cc(OC(COC)COC)c3[nH]2)S1. The van der Waals surface area contributed by atoms with Crippen LogP contribution in [0.5, 0.6) is 17.4 Å². The number of rotatable bonds is 13. The van der Waals surface area contributed by atoms with Crippen LogP contribution in [0.15, 0.2) is 46.4 Å². The van der Waals surface area contributed by atoms with E-state index in [1.165, 1.54) is 30.1 Å². The zero-order chi connectivity index (χ0) is 28.0. The summed E-state index contributed by atoms with van der Waals surface area (Å²) >= 11 is 1.53. The monoisotopic (exact) mass is 577 g/mol. The summed E-state index contributed by atoms with van der Waals surface area (Å²) in [6.07, 6.45) is 2.28. The van der Waals surface area contributed by atoms with E-state index in [-0.39, 0.29) is 28.1 Å². The van der Waals surface area contributed by atoms with Crippen LogP contribution in [0.2, 0.25) is 0 Å². The van der Waals surface area contributed by atoms with Crippen molar-refractivity contribution in [1.82, 2.24) is 9.97 Å². The lowest BCUT2D eigenvalue weighted by molar-refractivity contribution is -0.143. The highest BCUT2D eigenvalue weighted by atomic mass is 32.2. The van der Waals surface area contributed by atoms with Crippen LogP contribution in [0.4, 0.5) is 0 Å². The Kier molecular flexibility index (Phi) is 9.49. The van der Waals surface area contributed by atoms with E-state index in [0.717, 1.165) is 27.9 Å². The van der Waals surface area contributed by atoms with E-state index in [2.05, 4.69) is 15.0 Å². The predicted octanol–water partition coefficient (Wildman–Crippen LogP) is 3.61. The fourth-order valence-corrected chi connectivity index (χ4v) is 5.59. The highest BCUT2D eigenvalue weighted by Crippen LogP contribution is 2.36. The Morgan fingerprint density at radius 3 is 2.59 bits per heavy atom. The molecule has 0 saturated heterocycles. The third-order valence-corrected chi connectivity index (χ3v) is 7.99. The van der Waals surface area contributed by atoms with Gasteiger partial charge in [-0.25, -0.2) is 13.4 Å². The number of pyridine rings is 1. The van der Waals surface area contributed by atoms with Crippen molar-refractivity contribution in [3.05, 3.63) is 42.2 Å². The maximum Gasteiger partial charge on any atom is 0.306 e. The molecular formula is C26H31N3O8S2. The maximum absolute atomic E-state index is 11.9. The van der Waals surface area contributed by atoms with E-state index in [1.807, 2.05) is 12.1 Å². The number of H-pyrrole nitrogens is 1. The van der Waals surface area contributed by atoms with Crippen molar-refractivity contribution in [1.29, 1.82) is 0 Å². The molecule has 3 aromatic rings. The van der Waals surface area contributed by atoms with Gasteiger partial charge in [0.15, 0.2) is 9.84 Å². The number of methoxy groups -OCH3 is 2. The molecule has 1 aromatic carbocycles. The number of aromatic amines is 1. The molecule has 1 aliphatic rings. The summed E-state index contributed by atoms with van der Waals surface area (Å²) in [7, 11) is -0.206. The van der Waals surface area contributed by atoms with Crippen molar-refractivity contribution in [3.63, 3.8) is 0 Å². The lowest BCUT2D eigenvalue weighted by Gasteiger charge is -2.19. The van der Waals surface area contributed by atoms with Gasteiger partial charge < -0.3 is 28.7 Å². The number of hydrogen-bond donors (Lipinski definition) is 1. The number of hydrogen-bond acceptors (Lipinski definition) is 11. The van der Waals surface area contributed by atoms with Crippen molar-refractivity contribution < 1.29 is 36.9 Å². The Morgan fingerprint density at radius 2 is 1.95 bits per heavy atom.